The highest BCUT2D eigenvalue weighted by molar-refractivity contribution is 6.18. The molecule has 0 saturated heterocycles. The van der Waals surface area contributed by atoms with Gasteiger partial charge in [0.25, 0.3) is 0 Å². The molecule has 11 nitrogen and oxygen atoms in total. The van der Waals surface area contributed by atoms with E-state index in [1.54, 1.807) is 35.2 Å². The number of aldehydes is 1. The molecule has 1 fully saturated rings. The lowest BCUT2D eigenvalue weighted by Gasteiger charge is -2.59. The van der Waals surface area contributed by atoms with Crippen molar-refractivity contribution in [3.63, 3.8) is 0 Å². The number of carbonyl (C=O) groups is 2. The van der Waals surface area contributed by atoms with E-state index >= 15 is 0 Å². The molecule has 288 valence electrons. The number of aliphatic hydroxyl groups excluding tert-OH is 2. The highest BCUT2D eigenvalue weighted by Crippen LogP contribution is 2.62. The van der Waals surface area contributed by atoms with E-state index in [2.05, 4.69) is 17.8 Å². The Balaban J connectivity index is 1.76. The summed E-state index contributed by atoms with van der Waals surface area (Å²) in [5, 5.41) is 24.2. The highest BCUT2D eigenvalue weighted by Gasteiger charge is 2.65. The van der Waals surface area contributed by atoms with Crippen molar-refractivity contribution < 1.29 is 43.6 Å². The number of allylic oxidation sites excluding steroid dienone is 1. The van der Waals surface area contributed by atoms with E-state index in [-0.39, 0.29) is 56.5 Å². The highest BCUT2D eigenvalue weighted by atomic mass is 35.5. The zero-order valence-corrected chi connectivity index (χ0v) is 31.5. The molecule has 0 unspecified atom stereocenters. The van der Waals surface area contributed by atoms with E-state index in [0.717, 1.165) is 43.1 Å². The zero-order valence-electron chi connectivity index (χ0n) is 30.8. The molecule has 3 aliphatic rings. The van der Waals surface area contributed by atoms with Gasteiger partial charge in [-0.15, -0.1) is 18.2 Å². The zero-order chi connectivity index (χ0) is 37.8. The van der Waals surface area contributed by atoms with Crippen LogP contribution in [0.1, 0.15) is 80.1 Å². The predicted octanol–water partition coefficient (Wildman–Crippen LogP) is 7.64. The predicted molar refractivity (Wildman–Crippen MR) is 203 cm³/mol. The molecule has 6 atom stereocenters. The summed E-state index contributed by atoms with van der Waals surface area (Å²) in [6.45, 7) is 6.73. The summed E-state index contributed by atoms with van der Waals surface area (Å²) in [7, 11) is 1.52. The molecule has 12 heteroatoms. The van der Waals surface area contributed by atoms with Crippen molar-refractivity contribution in [2.24, 2.45) is 22.9 Å². The van der Waals surface area contributed by atoms with Gasteiger partial charge >= 0.3 is 6.09 Å². The van der Waals surface area contributed by atoms with Gasteiger partial charge in [-0.2, -0.15) is 0 Å². The van der Waals surface area contributed by atoms with E-state index < -0.39 is 23.8 Å². The molecule has 0 spiro atoms. The van der Waals surface area contributed by atoms with Crippen molar-refractivity contribution in [1.82, 2.24) is 4.90 Å². The summed E-state index contributed by atoms with van der Waals surface area (Å²) in [6, 6.07) is 12.0. The van der Waals surface area contributed by atoms with E-state index in [9.17, 15) is 19.8 Å². The van der Waals surface area contributed by atoms with Crippen LogP contribution in [-0.2, 0) is 14.3 Å². The normalized spacial score (nSPS) is 25.0. The largest absolute Gasteiger partial charge is 0.459 e. The number of nitrogens with zero attached hydrogens (tertiary/aromatic N) is 2. The number of alkyl halides is 1. The summed E-state index contributed by atoms with van der Waals surface area (Å²) < 4.78 is 26.1. The van der Waals surface area contributed by atoms with Gasteiger partial charge in [0.05, 0.1) is 24.1 Å². The second kappa shape index (κ2) is 19.4. The molecule has 1 heterocycles. The molecule has 53 heavy (non-hydrogen) atoms. The number of amides is 1. The number of halogens is 1. The molecule has 0 radical (unpaired) electrons. The molecule has 0 bridgehead atoms. The Morgan fingerprint density at radius 3 is 2.58 bits per heavy atom. The SMILES string of the molecule is C=CCO[C@@]12Oc3ccc(Oc4cccc(C=O)c4)cc3[C@H]3[C@H](CCCCO)[C@@H](CCCCO)C=C(C(=NOC)C[C@@H]1N(CCC)C(=O)OCCCl)[C@H]32. The monoisotopic (exact) mass is 752 g/mol. The lowest BCUT2D eigenvalue weighted by Crippen LogP contribution is -2.70. The van der Waals surface area contributed by atoms with E-state index in [1.807, 2.05) is 25.1 Å². The third kappa shape index (κ3) is 8.91. The van der Waals surface area contributed by atoms with Crippen molar-refractivity contribution in [1.29, 1.82) is 0 Å². The molecule has 2 aliphatic carbocycles. The van der Waals surface area contributed by atoms with Gasteiger partial charge in [-0.1, -0.05) is 49.2 Å². The summed E-state index contributed by atoms with van der Waals surface area (Å²) >= 11 is 5.96. The number of hydrogen-bond donors (Lipinski definition) is 2. The average Bonchev–Trinajstić information content (AvgIpc) is 3.17. The molecule has 2 aromatic rings. The van der Waals surface area contributed by atoms with Crippen LogP contribution in [0.3, 0.4) is 0 Å². The Bertz CT molecular complexity index is 1620. The van der Waals surface area contributed by atoms with Gasteiger partial charge in [-0.05, 0) is 79.8 Å². The maximum absolute atomic E-state index is 13.9. The summed E-state index contributed by atoms with van der Waals surface area (Å²) in [6.07, 6.45) is 9.75. The van der Waals surface area contributed by atoms with Crippen LogP contribution < -0.4 is 9.47 Å². The van der Waals surface area contributed by atoms with Gasteiger partial charge in [0.1, 0.15) is 43.3 Å². The first kappa shape index (κ1) is 40.3. The molecule has 2 N–H and O–H groups in total. The Labute approximate surface area is 317 Å². The number of ether oxygens (including phenoxy) is 4. The Kier molecular flexibility index (Phi) is 14.8. The van der Waals surface area contributed by atoms with Gasteiger partial charge < -0.3 is 34.0 Å². The molecule has 1 aliphatic heterocycles. The second-order valence-electron chi connectivity index (χ2n) is 13.7. The summed E-state index contributed by atoms with van der Waals surface area (Å²) in [4.78, 5) is 32.6. The number of fused-ring (bicyclic) bond motifs is 2. The lowest BCUT2D eigenvalue weighted by atomic mass is 9.55. The molecular weight excluding hydrogens is 700 g/mol. The molecule has 2 aromatic carbocycles. The van der Waals surface area contributed by atoms with Gasteiger partial charge in [0, 0.05) is 43.2 Å². The first-order valence-corrected chi connectivity index (χ1v) is 19.3. The van der Waals surface area contributed by atoms with Gasteiger partial charge in [-0.25, -0.2) is 4.79 Å². The van der Waals surface area contributed by atoms with Crippen LogP contribution in [-0.4, -0.2) is 91.0 Å². The lowest BCUT2D eigenvalue weighted by molar-refractivity contribution is -0.255. The number of hydrogen-bond acceptors (Lipinski definition) is 10. The first-order chi connectivity index (χ1) is 25.9. The third-order valence-electron chi connectivity index (χ3n) is 10.5. The Hall–Kier alpha value is -3.90. The van der Waals surface area contributed by atoms with Crippen LogP contribution in [0.15, 0.2) is 71.9 Å². The van der Waals surface area contributed by atoms with E-state index in [0.29, 0.717) is 54.3 Å². The summed E-state index contributed by atoms with van der Waals surface area (Å²) in [5.74, 6) is -0.0345. The van der Waals surface area contributed by atoms with Gasteiger partial charge in [0.15, 0.2) is 0 Å². The van der Waals surface area contributed by atoms with Crippen LogP contribution in [0.2, 0.25) is 0 Å². The minimum absolute atomic E-state index is 0.0503. The third-order valence-corrected chi connectivity index (χ3v) is 10.6. The van der Waals surface area contributed by atoms with Crippen molar-refractivity contribution in [2.45, 2.75) is 76.0 Å². The minimum atomic E-state index is -1.38. The van der Waals surface area contributed by atoms with Crippen molar-refractivity contribution in [2.75, 3.05) is 46.0 Å². The van der Waals surface area contributed by atoms with Crippen LogP contribution in [0.5, 0.6) is 17.2 Å². The molecule has 5 rings (SSSR count). The van der Waals surface area contributed by atoms with Crippen LogP contribution in [0.4, 0.5) is 4.79 Å². The Morgan fingerprint density at radius 1 is 1.11 bits per heavy atom. The van der Waals surface area contributed by atoms with E-state index in [4.69, 9.17) is 35.4 Å². The van der Waals surface area contributed by atoms with Crippen molar-refractivity contribution in [3.8, 4) is 17.2 Å². The van der Waals surface area contributed by atoms with Gasteiger partial charge in [0.2, 0.25) is 5.79 Å². The number of rotatable bonds is 20. The second-order valence-corrected chi connectivity index (χ2v) is 14.1. The average molecular weight is 753 g/mol. The van der Waals surface area contributed by atoms with Crippen LogP contribution in [0.25, 0.3) is 0 Å². The standard InChI is InChI=1S/C41H53ClN2O9/c1-4-18-44(40(48)50-22-17-42)37-26-35(43-49-3)33-24-29(12-6-8-19-45)32(14-7-9-20-46)38-34-25-31(52-30-13-10-11-28(23-30)27-47)15-16-36(34)53-41(37,39(33)38)51-21-5-2/h5,10-11,13,15-16,23-25,27,29,32,37-39,45-46H,2,4,6-9,12,14,17-22,26H2,1,3H3/t29-,32+,37-,38+,39+,41+/m0/s1. The van der Waals surface area contributed by atoms with Crippen molar-refractivity contribution >= 4 is 29.7 Å². The molecule has 1 amide bonds. The number of oxime groups is 1. The fourth-order valence-corrected chi connectivity index (χ4v) is 8.51. The molecule has 1 saturated carbocycles. The fraction of sp³-hybridized carbons (Fsp3) is 0.537. The first-order valence-electron chi connectivity index (χ1n) is 18.7. The number of aliphatic hydroxyl groups is 2. The van der Waals surface area contributed by atoms with Crippen LogP contribution in [0, 0.1) is 17.8 Å². The summed E-state index contributed by atoms with van der Waals surface area (Å²) in [5.41, 5.74) is 3.06. The fourth-order valence-electron chi connectivity index (χ4n) is 8.43. The molecule has 0 aromatic heterocycles. The van der Waals surface area contributed by atoms with Gasteiger partial charge in [-0.3, -0.25) is 9.69 Å². The van der Waals surface area contributed by atoms with Crippen molar-refractivity contribution in [3.05, 3.63) is 77.9 Å². The smallest absolute Gasteiger partial charge is 0.410 e. The quantitative estimate of drug-likeness (QED) is 0.0460. The van der Waals surface area contributed by atoms with Crippen LogP contribution >= 0.6 is 11.6 Å². The minimum Gasteiger partial charge on any atom is -0.459 e. The number of unbranched alkanes of at least 4 members (excludes halogenated alkanes) is 2. The topological polar surface area (TPSA) is 136 Å². The maximum Gasteiger partial charge on any atom is 0.410 e. The van der Waals surface area contributed by atoms with E-state index in [1.165, 1.54) is 7.11 Å². The number of benzene rings is 2. The Morgan fingerprint density at radius 2 is 1.89 bits per heavy atom. The maximum atomic E-state index is 13.9. The molecular formula is C41H53ClN2O9. The number of carbonyl (C=O) groups excluding carboxylic acids is 2.